The normalized spacial score (nSPS) is 12.6. The molecular formula is C18H21N2O6Rb. The molecule has 0 atom stereocenters. The van der Waals surface area contributed by atoms with Crippen LogP contribution in [0.1, 0.15) is 24.0 Å². The van der Waals surface area contributed by atoms with Crippen molar-refractivity contribution in [2.24, 2.45) is 0 Å². The van der Waals surface area contributed by atoms with Gasteiger partial charge in [0.2, 0.25) is 11.8 Å². The van der Waals surface area contributed by atoms with E-state index < -0.39 is 0 Å². The number of β-lactam (4-membered cyclic amide) rings is 1. The molecule has 27 heavy (non-hydrogen) atoms. The monoisotopic (exact) mass is 446 g/mol. The molecule has 1 aromatic rings. The number of ether oxygens (including phenoxy) is 2. The van der Waals surface area contributed by atoms with Crippen molar-refractivity contribution in [1.82, 2.24) is 4.90 Å². The van der Waals surface area contributed by atoms with Crippen LogP contribution in [0.2, 0.25) is 0 Å². The molecule has 0 bridgehead atoms. The third-order valence-electron chi connectivity index (χ3n) is 3.81. The Morgan fingerprint density at radius 1 is 1.15 bits per heavy atom. The molecule has 0 radical (unpaired) electrons. The zero-order valence-electron chi connectivity index (χ0n) is 15.4. The Morgan fingerprint density at radius 3 is 2.44 bits per heavy atom. The summed E-state index contributed by atoms with van der Waals surface area (Å²) in [5, 5.41) is 3.91. The van der Waals surface area contributed by atoms with E-state index in [1.807, 2.05) is 0 Å². The molecule has 1 aromatic carbocycles. The molecule has 0 N–H and O–H groups in total. The second-order valence-corrected chi connectivity index (χ2v) is 5.77. The zero-order chi connectivity index (χ0) is 18.8. The standard InChI is InChI=1S/C18H22N2O6.Rb/c21-13-26-9-1-8-25-12-16(22)19-11-15-4-2-14(3-5-15)10-18(24)20-7-6-17(20)23;/h2-5,13H,1,6-12H2,(H,19,22);/q;+1/p-1. The number of carbonyl (C=O) groups excluding carboxylic acids is 4. The molecular weight excluding hydrogens is 426 g/mol. The number of carbonyl (C=O) groups is 4. The maximum atomic E-state index is 11.9. The molecule has 1 heterocycles. The Balaban J connectivity index is 0.00000364. The molecule has 1 saturated heterocycles. The van der Waals surface area contributed by atoms with Crippen molar-refractivity contribution in [1.29, 1.82) is 0 Å². The molecule has 9 heteroatoms. The zero-order valence-corrected chi connectivity index (χ0v) is 20.3. The Hall–Kier alpha value is -0.935. The number of likely N-dealkylation sites (tertiary alicyclic amines) is 1. The summed E-state index contributed by atoms with van der Waals surface area (Å²) in [5.74, 6) is -0.677. The summed E-state index contributed by atoms with van der Waals surface area (Å²) < 4.78 is 9.63. The first-order chi connectivity index (χ1) is 12.6. The number of hydrogen-bond donors (Lipinski definition) is 0. The van der Waals surface area contributed by atoms with Gasteiger partial charge in [0.15, 0.2) is 0 Å². The molecule has 2 rings (SSSR count). The Morgan fingerprint density at radius 2 is 1.85 bits per heavy atom. The number of hydrogen-bond acceptors (Lipinski definition) is 6. The van der Waals surface area contributed by atoms with Gasteiger partial charge in [-0.1, -0.05) is 29.8 Å². The Kier molecular flexibility index (Phi) is 11.9. The van der Waals surface area contributed by atoms with Gasteiger partial charge in [-0.2, -0.15) is 0 Å². The second kappa shape index (κ2) is 13.3. The van der Waals surface area contributed by atoms with Crippen molar-refractivity contribution in [3.63, 3.8) is 0 Å². The van der Waals surface area contributed by atoms with E-state index in [-0.39, 0.29) is 102 Å². The summed E-state index contributed by atoms with van der Waals surface area (Å²) >= 11 is 0. The van der Waals surface area contributed by atoms with E-state index in [1.165, 1.54) is 4.90 Å². The van der Waals surface area contributed by atoms with Crippen LogP contribution < -0.4 is 58.2 Å². The largest absolute Gasteiger partial charge is 1.00 e. The molecule has 0 spiro atoms. The van der Waals surface area contributed by atoms with Crippen molar-refractivity contribution >= 4 is 24.2 Å². The summed E-state index contributed by atoms with van der Waals surface area (Å²) in [6.07, 6.45) is 1.15. The van der Waals surface area contributed by atoms with Gasteiger partial charge in [-0.05, 0) is 5.56 Å². The van der Waals surface area contributed by atoms with E-state index in [0.29, 0.717) is 32.5 Å². The first-order valence-corrected chi connectivity index (χ1v) is 8.34. The maximum Gasteiger partial charge on any atom is 1.00 e. The molecule has 0 unspecified atom stereocenters. The average Bonchev–Trinajstić information content (AvgIpc) is 2.62. The summed E-state index contributed by atoms with van der Waals surface area (Å²) in [5.41, 5.74) is 1.65. The average molecular weight is 447 g/mol. The first-order valence-electron chi connectivity index (χ1n) is 8.34. The van der Waals surface area contributed by atoms with Crippen molar-refractivity contribution in [2.45, 2.75) is 25.8 Å². The van der Waals surface area contributed by atoms with Crippen molar-refractivity contribution in [3.8, 4) is 0 Å². The molecule has 3 amide bonds. The number of rotatable bonds is 11. The van der Waals surface area contributed by atoms with E-state index in [4.69, 9.17) is 4.74 Å². The minimum Gasteiger partial charge on any atom is -0.648 e. The third kappa shape index (κ3) is 8.74. The van der Waals surface area contributed by atoms with E-state index in [0.717, 1.165) is 11.1 Å². The number of imide groups is 1. The maximum absolute atomic E-state index is 11.9. The van der Waals surface area contributed by atoms with Crippen LogP contribution in [0.15, 0.2) is 24.3 Å². The van der Waals surface area contributed by atoms with Crippen LogP contribution >= 0.6 is 0 Å². The molecule has 0 aromatic heterocycles. The van der Waals surface area contributed by atoms with E-state index in [9.17, 15) is 19.2 Å². The number of nitrogens with zero attached hydrogens (tertiary/aromatic N) is 2. The van der Waals surface area contributed by atoms with Gasteiger partial charge in [-0.15, -0.1) is 6.54 Å². The van der Waals surface area contributed by atoms with Gasteiger partial charge < -0.3 is 19.6 Å². The van der Waals surface area contributed by atoms with Gasteiger partial charge in [-0.3, -0.25) is 19.3 Å². The molecule has 0 saturated carbocycles. The summed E-state index contributed by atoms with van der Waals surface area (Å²) in [6, 6.07) is 7.19. The van der Waals surface area contributed by atoms with Crippen molar-refractivity contribution in [3.05, 3.63) is 40.7 Å². The van der Waals surface area contributed by atoms with Crippen LogP contribution in [0.25, 0.3) is 5.32 Å². The second-order valence-electron chi connectivity index (χ2n) is 5.77. The van der Waals surface area contributed by atoms with Crippen molar-refractivity contribution < 1.29 is 86.8 Å². The van der Waals surface area contributed by atoms with Gasteiger partial charge in [0, 0.05) is 19.4 Å². The van der Waals surface area contributed by atoms with Crippen LogP contribution in [-0.4, -0.2) is 55.5 Å². The fraction of sp³-hybridized carbons (Fsp3) is 0.444. The molecule has 1 fully saturated rings. The third-order valence-corrected chi connectivity index (χ3v) is 3.81. The topological polar surface area (TPSA) is 104 Å². The number of amides is 3. The van der Waals surface area contributed by atoms with Crippen LogP contribution in [0, 0.1) is 0 Å². The fourth-order valence-corrected chi connectivity index (χ4v) is 2.29. The molecule has 8 nitrogen and oxygen atoms in total. The molecule has 0 aliphatic carbocycles. The van der Waals surface area contributed by atoms with Crippen LogP contribution in [0.5, 0.6) is 0 Å². The predicted molar refractivity (Wildman–Crippen MR) is 91.0 cm³/mol. The summed E-state index contributed by atoms with van der Waals surface area (Å²) in [6.45, 7) is 1.56. The van der Waals surface area contributed by atoms with Gasteiger partial charge in [-0.25, -0.2) is 0 Å². The van der Waals surface area contributed by atoms with E-state index >= 15 is 0 Å². The van der Waals surface area contributed by atoms with Crippen LogP contribution in [0.4, 0.5) is 0 Å². The van der Waals surface area contributed by atoms with Crippen molar-refractivity contribution in [2.75, 3.05) is 26.4 Å². The number of benzene rings is 1. The Labute approximate surface area is 206 Å². The van der Waals surface area contributed by atoms with Gasteiger partial charge in [0.25, 0.3) is 6.47 Å². The SMILES string of the molecule is O=COCCCOCC(=O)[N-]Cc1ccc(CC(=O)N2CCC2=O)cc1.[Rb+]. The first kappa shape index (κ1) is 24.1. The molecule has 140 valence electrons. The predicted octanol–water partition coefficient (Wildman–Crippen LogP) is -2.03. The van der Waals surface area contributed by atoms with Gasteiger partial charge in [0.1, 0.15) is 0 Å². The van der Waals surface area contributed by atoms with Gasteiger partial charge in [0.05, 0.1) is 32.1 Å². The minimum absolute atomic E-state index is 0. The van der Waals surface area contributed by atoms with Crippen LogP contribution in [-0.2, 0) is 41.6 Å². The van der Waals surface area contributed by atoms with Crippen LogP contribution in [0.3, 0.4) is 0 Å². The fourth-order valence-electron chi connectivity index (χ4n) is 2.29. The minimum atomic E-state index is -0.364. The molecule has 1 aliphatic heterocycles. The smallest absolute Gasteiger partial charge is 0.648 e. The van der Waals surface area contributed by atoms with Gasteiger partial charge >= 0.3 is 58.2 Å². The summed E-state index contributed by atoms with van der Waals surface area (Å²) in [7, 11) is 0. The van der Waals surface area contributed by atoms with E-state index in [2.05, 4.69) is 10.1 Å². The summed E-state index contributed by atoms with van der Waals surface area (Å²) in [4.78, 5) is 45.9. The Bertz CT molecular complexity index is 650. The van der Waals surface area contributed by atoms with E-state index in [1.54, 1.807) is 24.3 Å². The molecule has 1 aliphatic rings. The quantitative estimate of drug-likeness (QED) is 0.221.